The van der Waals surface area contributed by atoms with E-state index < -0.39 is 31.3 Å². The first kappa shape index (κ1) is 24.0. The number of anilines is 1. The van der Waals surface area contributed by atoms with E-state index in [1.54, 1.807) is 48.5 Å². The van der Waals surface area contributed by atoms with E-state index in [1.165, 1.54) is 11.0 Å². The number of fused-ring (bicyclic) bond motifs is 1. The molecule has 34 heavy (non-hydrogen) atoms. The molecule has 182 valence electrons. The van der Waals surface area contributed by atoms with Crippen LogP contribution < -0.4 is 9.04 Å². The van der Waals surface area contributed by atoms with E-state index in [0.717, 1.165) is 4.31 Å². The number of carbonyl (C=O) groups is 2. The molecule has 2 aliphatic rings. The quantitative estimate of drug-likeness (QED) is 0.557. The van der Waals surface area contributed by atoms with Crippen molar-refractivity contribution in [2.45, 2.75) is 19.1 Å². The molecule has 2 aliphatic heterocycles. The number of rotatable bonds is 5. The Bertz CT molecular complexity index is 1260. The molecule has 0 aromatic heterocycles. The largest absolute Gasteiger partial charge is 0.486 e. The van der Waals surface area contributed by atoms with E-state index in [9.17, 15) is 26.4 Å². The van der Waals surface area contributed by atoms with Crippen LogP contribution in [-0.4, -0.2) is 70.2 Å². The molecular formula is C22H24N2O8S2. The summed E-state index contributed by atoms with van der Waals surface area (Å²) in [6.07, 6.45) is -1.03. The second-order valence-electron chi connectivity index (χ2n) is 8.00. The standard InChI is InChI=1S/C22H24N2O8S2/c25-21(23-10-12-33(27,28)13-11-23)14-18-15-24(19-8-4-5-9-20(19)32-18)34(29,30)22(26)31-16-17-6-2-1-3-7-17/h1-9,18H,10-16H2. The Balaban J connectivity index is 1.49. The summed E-state index contributed by atoms with van der Waals surface area (Å²) < 4.78 is 61.3. The van der Waals surface area contributed by atoms with Gasteiger partial charge in [-0.25, -0.2) is 13.2 Å². The molecule has 2 heterocycles. The minimum absolute atomic E-state index is 0.0816. The van der Waals surface area contributed by atoms with Crippen LogP contribution >= 0.6 is 0 Å². The summed E-state index contributed by atoms with van der Waals surface area (Å²) in [5.74, 6) is -0.350. The van der Waals surface area contributed by atoms with Gasteiger partial charge in [-0.05, 0) is 17.7 Å². The first-order valence-electron chi connectivity index (χ1n) is 10.6. The number of para-hydroxylation sites is 2. The van der Waals surface area contributed by atoms with Crippen LogP contribution in [0.1, 0.15) is 12.0 Å². The van der Waals surface area contributed by atoms with E-state index in [2.05, 4.69) is 0 Å². The average molecular weight is 509 g/mol. The van der Waals surface area contributed by atoms with Gasteiger partial charge in [-0.3, -0.25) is 9.10 Å². The lowest BCUT2D eigenvalue weighted by Gasteiger charge is -2.35. The Hall–Kier alpha value is -3.12. The summed E-state index contributed by atoms with van der Waals surface area (Å²) in [7, 11) is -7.72. The molecule has 0 spiro atoms. The van der Waals surface area contributed by atoms with E-state index in [-0.39, 0.29) is 61.5 Å². The summed E-state index contributed by atoms with van der Waals surface area (Å²) >= 11 is 0. The molecule has 2 aromatic rings. The third-order valence-electron chi connectivity index (χ3n) is 5.60. The van der Waals surface area contributed by atoms with Crippen molar-refractivity contribution in [3.05, 3.63) is 60.2 Å². The molecule has 0 aliphatic carbocycles. The SMILES string of the molecule is O=C(CC1CN(S(=O)(=O)C(=O)OCc2ccccc2)c2ccccc2O1)N1CCS(=O)(=O)CC1. The third kappa shape index (κ3) is 5.33. The van der Waals surface area contributed by atoms with Gasteiger partial charge in [0, 0.05) is 13.1 Å². The molecule has 1 amide bonds. The van der Waals surface area contributed by atoms with Crippen LogP contribution in [0.4, 0.5) is 10.5 Å². The Morgan fingerprint density at radius 1 is 1.00 bits per heavy atom. The summed E-state index contributed by atoms with van der Waals surface area (Å²) in [6.45, 7) is -0.307. The first-order chi connectivity index (χ1) is 16.2. The molecule has 10 nitrogen and oxygen atoms in total. The molecule has 1 saturated heterocycles. The zero-order valence-electron chi connectivity index (χ0n) is 18.2. The molecule has 1 unspecified atom stereocenters. The Morgan fingerprint density at radius 3 is 2.35 bits per heavy atom. The number of amides is 1. The van der Waals surface area contributed by atoms with Gasteiger partial charge in [0.1, 0.15) is 18.5 Å². The zero-order chi connectivity index (χ0) is 24.3. The van der Waals surface area contributed by atoms with Crippen molar-refractivity contribution in [2.24, 2.45) is 0 Å². The molecule has 2 aromatic carbocycles. The Kier molecular flexibility index (Phi) is 6.80. The Labute approximate surface area is 198 Å². The number of hydrogen-bond acceptors (Lipinski definition) is 8. The molecule has 4 rings (SSSR count). The van der Waals surface area contributed by atoms with Crippen LogP contribution in [0.3, 0.4) is 0 Å². The highest BCUT2D eigenvalue weighted by molar-refractivity contribution is 8.06. The fourth-order valence-corrected chi connectivity index (χ4v) is 6.12. The molecule has 1 fully saturated rings. The maximum Gasteiger partial charge on any atom is 0.445 e. The molecule has 0 saturated carbocycles. The molecule has 0 N–H and O–H groups in total. The average Bonchev–Trinajstić information content (AvgIpc) is 2.82. The second kappa shape index (κ2) is 9.63. The minimum Gasteiger partial charge on any atom is -0.486 e. The van der Waals surface area contributed by atoms with Crippen molar-refractivity contribution < 1.29 is 35.9 Å². The summed E-state index contributed by atoms with van der Waals surface area (Å²) in [5, 5.41) is -1.40. The van der Waals surface area contributed by atoms with Gasteiger partial charge in [0.05, 0.1) is 30.2 Å². The first-order valence-corrected chi connectivity index (χ1v) is 13.9. The van der Waals surface area contributed by atoms with E-state index in [4.69, 9.17) is 9.47 Å². The van der Waals surface area contributed by atoms with E-state index >= 15 is 0 Å². The number of hydrogen-bond donors (Lipinski definition) is 0. The summed E-state index contributed by atoms with van der Waals surface area (Å²) in [5.41, 5.74) is 0.812. The third-order valence-corrected chi connectivity index (χ3v) is 8.67. The highest BCUT2D eigenvalue weighted by Gasteiger charge is 2.40. The second-order valence-corrected chi connectivity index (χ2v) is 12.0. The summed E-state index contributed by atoms with van der Waals surface area (Å²) in [4.78, 5) is 26.7. The van der Waals surface area contributed by atoms with Crippen molar-refractivity contribution in [3.63, 3.8) is 0 Å². The number of benzene rings is 2. The van der Waals surface area contributed by atoms with Gasteiger partial charge >= 0.3 is 15.3 Å². The fourth-order valence-electron chi connectivity index (χ4n) is 3.76. The minimum atomic E-state index is -4.57. The topological polar surface area (TPSA) is 127 Å². The number of carbonyl (C=O) groups excluding carboxylic acids is 2. The molecular weight excluding hydrogens is 484 g/mol. The molecule has 1 atom stereocenters. The van der Waals surface area contributed by atoms with Gasteiger partial charge in [-0.2, -0.15) is 8.42 Å². The smallest absolute Gasteiger partial charge is 0.445 e. The predicted molar refractivity (Wildman–Crippen MR) is 124 cm³/mol. The van der Waals surface area contributed by atoms with Gasteiger partial charge < -0.3 is 14.4 Å². The maximum atomic E-state index is 13.1. The lowest BCUT2D eigenvalue weighted by molar-refractivity contribution is -0.132. The van der Waals surface area contributed by atoms with E-state index in [1.807, 2.05) is 0 Å². The monoisotopic (exact) mass is 508 g/mol. The highest BCUT2D eigenvalue weighted by atomic mass is 32.2. The van der Waals surface area contributed by atoms with Crippen LogP contribution in [0, 0.1) is 0 Å². The van der Waals surface area contributed by atoms with Gasteiger partial charge in [0.25, 0.3) is 0 Å². The van der Waals surface area contributed by atoms with Crippen molar-refractivity contribution in [1.29, 1.82) is 0 Å². The van der Waals surface area contributed by atoms with Gasteiger partial charge in [0.15, 0.2) is 9.84 Å². The van der Waals surface area contributed by atoms with Gasteiger partial charge in [-0.1, -0.05) is 42.5 Å². The van der Waals surface area contributed by atoms with Crippen LogP contribution in [0.15, 0.2) is 54.6 Å². The summed E-state index contributed by atoms with van der Waals surface area (Å²) in [6, 6.07) is 15.0. The number of nitrogens with zero attached hydrogens (tertiary/aromatic N) is 2. The number of sulfone groups is 1. The fraction of sp³-hybridized carbons (Fsp3) is 0.364. The van der Waals surface area contributed by atoms with Gasteiger partial charge in [-0.15, -0.1) is 0 Å². The molecule has 12 heteroatoms. The molecule has 0 radical (unpaired) electrons. The predicted octanol–water partition coefficient (Wildman–Crippen LogP) is 1.57. The zero-order valence-corrected chi connectivity index (χ0v) is 19.8. The number of sulfonamides is 1. The normalized spacial score (nSPS) is 19.6. The van der Waals surface area contributed by atoms with E-state index in [0.29, 0.717) is 5.56 Å². The van der Waals surface area contributed by atoms with Crippen LogP contribution in [0.5, 0.6) is 5.75 Å². The van der Waals surface area contributed by atoms with Crippen molar-refractivity contribution >= 4 is 36.8 Å². The van der Waals surface area contributed by atoms with Crippen molar-refractivity contribution in [3.8, 4) is 5.75 Å². The maximum absolute atomic E-state index is 13.1. The lowest BCUT2D eigenvalue weighted by Crippen LogP contribution is -2.49. The van der Waals surface area contributed by atoms with Crippen LogP contribution in [0.2, 0.25) is 0 Å². The van der Waals surface area contributed by atoms with Crippen LogP contribution in [0.25, 0.3) is 0 Å². The van der Waals surface area contributed by atoms with Gasteiger partial charge in [0.2, 0.25) is 5.91 Å². The lowest BCUT2D eigenvalue weighted by atomic mass is 10.1. The number of ether oxygens (including phenoxy) is 2. The van der Waals surface area contributed by atoms with Crippen LogP contribution in [-0.2, 0) is 36.0 Å². The highest BCUT2D eigenvalue weighted by Crippen LogP contribution is 2.36. The Morgan fingerprint density at radius 2 is 1.65 bits per heavy atom. The van der Waals surface area contributed by atoms with Crippen molar-refractivity contribution in [1.82, 2.24) is 4.90 Å². The molecule has 0 bridgehead atoms. The van der Waals surface area contributed by atoms with Crippen molar-refractivity contribution in [2.75, 3.05) is 35.4 Å².